The molecule has 1 saturated heterocycles. The van der Waals surface area contributed by atoms with Gasteiger partial charge in [0, 0.05) is 34.5 Å². The molecule has 5 heteroatoms. The highest BCUT2D eigenvalue weighted by molar-refractivity contribution is 6.01. The van der Waals surface area contributed by atoms with Gasteiger partial charge in [-0.25, -0.2) is 4.79 Å². The van der Waals surface area contributed by atoms with E-state index in [1.54, 1.807) is 0 Å². The fourth-order valence-corrected chi connectivity index (χ4v) is 4.55. The van der Waals surface area contributed by atoms with E-state index in [1.165, 1.54) is 29.4 Å². The molecule has 0 radical (unpaired) electrons. The smallest absolute Gasteiger partial charge is 0.323 e. The summed E-state index contributed by atoms with van der Waals surface area (Å²) in [5, 5.41) is 7.17. The summed E-state index contributed by atoms with van der Waals surface area (Å²) in [6, 6.07) is 14.5. The van der Waals surface area contributed by atoms with Gasteiger partial charge in [-0.3, -0.25) is 0 Å². The summed E-state index contributed by atoms with van der Waals surface area (Å²) in [4.78, 5) is 18.6. The topological polar surface area (TPSA) is 60.2 Å². The Bertz CT molecular complexity index is 1040. The maximum Gasteiger partial charge on any atom is 0.323 e. The lowest BCUT2D eigenvalue weighted by Crippen LogP contribution is -2.37. The Morgan fingerprint density at radius 2 is 1.71 bits per heavy atom. The number of fused-ring (bicyclic) bond motifs is 1. The molecule has 1 aliphatic heterocycles. The molecule has 1 aromatic heterocycles. The van der Waals surface area contributed by atoms with Crippen LogP contribution in [0, 0.1) is 0 Å². The molecular weight excluding hydrogens is 384 g/mol. The van der Waals surface area contributed by atoms with Crippen LogP contribution < -0.4 is 10.6 Å². The van der Waals surface area contributed by atoms with Crippen LogP contribution in [0.5, 0.6) is 0 Å². The molecule has 3 aromatic rings. The van der Waals surface area contributed by atoms with Gasteiger partial charge in [-0.2, -0.15) is 0 Å². The summed E-state index contributed by atoms with van der Waals surface area (Å²) in [5.41, 5.74) is 5.32. The van der Waals surface area contributed by atoms with Gasteiger partial charge in [-0.1, -0.05) is 26.0 Å². The van der Waals surface area contributed by atoms with E-state index in [2.05, 4.69) is 72.6 Å². The van der Waals surface area contributed by atoms with Gasteiger partial charge in [0.25, 0.3) is 0 Å². The Hall–Kier alpha value is -2.79. The third-order valence-electron chi connectivity index (χ3n) is 6.48. The molecule has 0 unspecified atom stereocenters. The second-order valence-corrected chi connectivity index (χ2v) is 9.27. The molecule has 164 valence electrons. The van der Waals surface area contributed by atoms with Gasteiger partial charge in [0.05, 0.1) is 0 Å². The molecule has 3 N–H and O–H groups in total. The van der Waals surface area contributed by atoms with Gasteiger partial charge in [0.15, 0.2) is 0 Å². The number of carbonyl (C=O) groups is 1. The van der Waals surface area contributed by atoms with Crippen molar-refractivity contribution in [3.8, 4) is 0 Å². The van der Waals surface area contributed by atoms with Gasteiger partial charge in [-0.05, 0) is 93.1 Å². The third kappa shape index (κ3) is 4.93. The highest BCUT2D eigenvalue weighted by Gasteiger charge is 2.24. The van der Waals surface area contributed by atoms with E-state index in [1.807, 2.05) is 24.3 Å². The lowest BCUT2D eigenvalue weighted by atomic mass is 9.88. The Balaban J connectivity index is 1.46. The quantitative estimate of drug-likeness (QED) is 0.441. The minimum atomic E-state index is -0.220. The number of anilines is 2. The summed E-state index contributed by atoms with van der Waals surface area (Å²) in [7, 11) is 0. The number of aromatic amines is 1. The predicted molar refractivity (Wildman–Crippen MR) is 130 cm³/mol. The fourth-order valence-electron chi connectivity index (χ4n) is 4.55. The van der Waals surface area contributed by atoms with Gasteiger partial charge in [0.1, 0.15) is 0 Å². The van der Waals surface area contributed by atoms with Crippen molar-refractivity contribution >= 4 is 28.3 Å². The molecule has 1 fully saturated rings. The Morgan fingerprint density at radius 1 is 1.00 bits per heavy atom. The summed E-state index contributed by atoms with van der Waals surface area (Å²) >= 11 is 0. The number of hydrogen-bond donors (Lipinski definition) is 3. The van der Waals surface area contributed by atoms with Crippen molar-refractivity contribution in [3.63, 3.8) is 0 Å². The van der Waals surface area contributed by atoms with E-state index >= 15 is 0 Å². The fraction of sp³-hybridized carbons (Fsp3) is 0.423. The van der Waals surface area contributed by atoms with Gasteiger partial charge < -0.3 is 20.5 Å². The molecule has 31 heavy (non-hydrogen) atoms. The van der Waals surface area contributed by atoms with Crippen LogP contribution in [0.3, 0.4) is 0 Å². The van der Waals surface area contributed by atoms with Crippen molar-refractivity contribution in [2.75, 3.05) is 23.7 Å². The molecule has 0 aliphatic carbocycles. The average molecular weight is 419 g/mol. The molecule has 0 saturated carbocycles. The van der Waals surface area contributed by atoms with Crippen LogP contribution in [0.4, 0.5) is 16.2 Å². The third-order valence-corrected chi connectivity index (χ3v) is 6.48. The number of amides is 2. The molecule has 0 spiro atoms. The predicted octanol–water partition coefficient (Wildman–Crippen LogP) is 6.52. The number of hydrogen-bond acceptors (Lipinski definition) is 2. The summed E-state index contributed by atoms with van der Waals surface area (Å²) < 4.78 is 0. The number of carbonyl (C=O) groups excluding carboxylic acids is 1. The number of aromatic nitrogens is 1. The first-order valence-electron chi connectivity index (χ1n) is 11.4. The Labute approximate surface area is 185 Å². The van der Waals surface area contributed by atoms with Crippen LogP contribution in [0.25, 0.3) is 10.9 Å². The molecular formula is C26H34N4O. The van der Waals surface area contributed by atoms with Gasteiger partial charge >= 0.3 is 6.03 Å². The number of rotatable bonds is 5. The lowest BCUT2D eigenvalue weighted by molar-refractivity contribution is 0.172. The number of urea groups is 1. The number of nitrogens with one attached hydrogen (secondary N) is 3. The van der Waals surface area contributed by atoms with Crippen LogP contribution in [-0.2, 0) is 0 Å². The molecule has 5 nitrogen and oxygen atoms in total. The van der Waals surface area contributed by atoms with E-state index in [9.17, 15) is 4.79 Å². The average Bonchev–Trinajstić information content (AvgIpc) is 3.17. The zero-order valence-electron chi connectivity index (χ0n) is 19.0. The van der Waals surface area contributed by atoms with Crippen molar-refractivity contribution < 1.29 is 4.79 Å². The van der Waals surface area contributed by atoms with E-state index < -0.39 is 0 Å². The van der Waals surface area contributed by atoms with Crippen molar-refractivity contribution in [1.29, 1.82) is 0 Å². The minimum absolute atomic E-state index is 0.220. The summed E-state index contributed by atoms with van der Waals surface area (Å²) in [6.45, 7) is 11.1. The number of likely N-dealkylation sites (tertiary alicyclic amines) is 1. The number of nitrogens with zero attached hydrogens (tertiary/aromatic N) is 1. The maximum absolute atomic E-state index is 12.6. The van der Waals surface area contributed by atoms with Gasteiger partial charge in [-0.15, -0.1) is 0 Å². The minimum Gasteiger partial charge on any atom is -0.361 e. The van der Waals surface area contributed by atoms with Crippen LogP contribution in [0.1, 0.15) is 63.5 Å². The first kappa shape index (κ1) is 21.4. The molecule has 4 rings (SSSR count). The zero-order chi connectivity index (χ0) is 22.0. The maximum atomic E-state index is 12.6. The zero-order valence-corrected chi connectivity index (χ0v) is 19.0. The second kappa shape index (κ2) is 9.15. The van der Waals surface area contributed by atoms with Crippen molar-refractivity contribution in [1.82, 2.24) is 9.88 Å². The van der Waals surface area contributed by atoms with Crippen molar-refractivity contribution in [2.45, 2.75) is 58.4 Å². The first-order chi connectivity index (χ1) is 14.9. The molecule has 2 heterocycles. The molecule has 1 aliphatic rings. The van der Waals surface area contributed by atoms with Crippen LogP contribution in [0.2, 0.25) is 0 Å². The number of benzene rings is 2. The van der Waals surface area contributed by atoms with E-state index in [0.717, 1.165) is 30.0 Å². The van der Waals surface area contributed by atoms with E-state index in [4.69, 9.17) is 0 Å². The molecule has 2 amide bonds. The van der Waals surface area contributed by atoms with E-state index in [0.29, 0.717) is 17.9 Å². The molecule has 0 atom stereocenters. The van der Waals surface area contributed by atoms with Crippen molar-refractivity contribution in [3.05, 3.63) is 59.8 Å². The summed E-state index contributed by atoms with van der Waals surface area (Å²) in [6.07, 6.45) is 4.51. The Kier molecular flexibility index (Phi) is 6.33. The standard InChI is InChI=1S/C26H34N4O/c1-17(2)20-6-5-7-21(14-20)28-26(31)29-22-8-9-25-23(15-22)24(16-27-25)19-10-12-30(13-11-19)18(3)4/h5-9,14-19,27H,10-13H2,1-4H3,(H2,28,29,31). The van der Waals surface area contributed by atoms with Crippen LogP contribution >= 0.6 is 0 Å². The Morgan fingerprint density at radius 3 is 2.39 bits per heavy atom. The number of H-pyrrole nitrogens is 1. The van der Waals surface area contributed by atoms with Crippen LogP contribution in [-0.4, -0.2) is 35.0 Å². The van der Waals surface area contributed by atoms with E-state index in [-0.39, 0.29) is 6.03 Å². The first-order valence-corrected chi connectivity index (χ1v) is 11.4. The number of piperidine rings is 1. The SMILES string of the molecule is CC(C)c1cccc(NC(=O)Nc2ccc3[nH]cc(C4CCN(C(C)C)CC4)c3c2)c1. The second-order valence-electron chi connectivity index (χ2n) is 9.27. The highest BCUT2D eigenvalue weighted by Crippen LogP contribution is 2.34. The monoisotopic (exact) mass is 418 g/mol. The normalized spacial score (nSPS) is 15.7. The molecule has 2 aromatic carbocycles. The highest BCUT2D eigenvalue weighted by atomic mass is 16.2. The van der Waals surface area contributed by atoms with Crippen molar-refractivity contribution in [2.24, 2.45) is 0 Å². The van der Waals surface area contributed by atoms with Crippen LogP contribution in [0.15, 0.2) is 48.7 Å². The largest absolute Gasteiger partial charge is 0.361 e. The summed E-state index contributed by atoms with van der Waals surface area (Å²) in [5.74, 6) is 0.984. The van der Waals surface area contributed by atoms with Gasteiger partial charge in [0.2, 0.25) is 0 Å². The lowest BCUT2D eigenvalue weighted by Gasteiger charge is -2.34. The molecule has 0 bridgehead atoms.